The molecule has 2 fully saturated rings. The van der Waals surface area contributed by atoms with Crippen LogP contribution >= 0.6 is 0 Å². The van der Waals surface area contributed by atoms with E-state index in [-0.39, 0.29) is 23.5 Å². The molecule has 46 heavy (non-hydrogen) atoms. The molecule has 2 aromatic carbocycles. The molecule has 2 aromatic rings. The lowest BCUT2D eigenvalue weighted by atomic mass is 9.97. The minimum Gasteiger partial charge on any atom is -0.508 e. The average Bonchev–Trinajstić information content (AvgIpc) is 3.75. The molecule has 2 atom stereocenters. The average molecular weight is 651 g/mol. The Morgan fingerprint density at radius 2 is 1.50 bits per heavy atom. The third-order valence-electron chi connectivity index (χ3n) is 8.59. The van der Waals surface area contributed by atoms with E-state index in [1.54, 1.807) is 55.6 Å². The van der Waals surface area contributed by atoms with E-state index in [2.05, 4.69) is 4.90 Å². The first-order chi connectivity index (χ1) is 21.9. The van der Waals surface area contributed by atoms with Gasteiger partial charge in [-0.05, 0) is 99.5 Å². The fourth-order valence-corrected chi connectivity index (χ4v) is 6.01. The molecule has 1 saturated heterocycles. The van der Waals surface area contributed by atoms with Crippen LogP contribution < -0.4 is 4.74 Å². The second-order valence-electron chi connectivity index (χ2n) is 12.0. The van der Waals surface area contributed by atoms with E-state index in [0.717, 1.165) is 44.5 Å². The van der Waals surface area contributed by atoms with Gasteiger partial charge in [0.15, 0.2) is 5.78 Å². The van der Waals surface area contributed by atoms with Crippen molar-refractivity contribution in [2.24, 2.45) is 5.92 Å². The summed E-state index contributed by atoms with van der Waals surface area (Å²) in [6.45, 7) is 3.27. The maximum atomic E-state index is 13.8. The Bertz CT molecular complexity index is 1240. The highest BCUT2D eigenvalue weighted by Gasteiger charge is 2.38. The van der Waals surface area contributed by atoms with Crippen molar-refractivity contribution >= 4 is 17.7 Å². The number of Topliss-reactive ketones (excluding diaryl/α,β-unsaturated/α-hetero) is 1. The highest BCUT2D eigenvalue weighted by molar-refractivity contribution is 5.96. The summed E-state index contributed by atoms with van der Waals surface area (Å²) in [4.78, 5) is 39.6. The van der Waals surface area contributed by atoms with Crippen LogP contribution in [0.25, 0.3) is 0 Å². The van der Waals surface area contributed by atoms with Crippen molar-refractivity contribution < 1.29 is 47.6 Å². The van der Waals surface area contributed by atoms with Crippen LogP contribution in [0.3, 0.4) is 0 Å². The van der Waals surface area contributed by atoms with E-state index in [4.69, 9.17) is 14.6 Å². The van der Waals surface area contributed by atoms with E-state index < -0.39 is 18.2 Å². The van der Waals surface area contributed by atoms with Gasteiger partial charge in [-0.15, -0.1) is 0 Å². The summed E-state index contributed by atoms with van der Waals surface area (Å²) < 4.78 is 36.9. The van der Waals surface area contributed by atoms with Crippen LogP contribution in [-0.2, 0) is 9.59 Å². The maximum Gasteiger partial charge on any atom is 0.490 e. The fourth-order valence-electron chi connectivity index (χ4n) is 6.01. The molecule has 0 aromatic heterocycles. The standard InChI is InChI=1S/C32H44N2O5.C2HF3O2/c1-39-28-18-14-25(15-19-28)30(36)10-4-5-11-31(37)34(22-24-8-2-3-9-24)29(23-33-20-6-7-21-33)32(38)26-12-16-27(35)17-13-26;3-2(4,5)1(6)7/h12-19,24,29,32,35,38H,2-11,20-23H2,1H3;(H,6,7)/t29-,32-;/m1./s1. The van der Waals surface area contributed by atoms with Crippen molar-refractivity contribution in [3.05, 3.63) is 59.7 Å². The molecule has 1 aliphatic heterocycles. The number of amides is 1. The van der Waals surface area contributed by atoms with Crippen molar-refractivity contribution in [2.75, 3.05) is 33.3 Å². The van der Waals surface area contributed by atoms with Crippen LogP contribution in [0.2, 0.25) is 0 Å². The topological polar surface area (TPSA) is 128 Å². The lowest BCUT2D eigenvalue weighted by Crippen LogP contribution is -2.51. The molecule has 254 valence electrons. The minimum absolute atomic E-state index is 0.0563. The number of carbonyl (C=O) groups excluding carboxylic acids is 2. The Kier molecular flexibility index (Phi) is 14.3. The molecule has 9 nitrogen and oxygen atoms in total. The van der Waals surface area contributed by atoms with E-state index in [1.165, 1.54) is 12.8 Å². The van der Waals surface area contributed by atoms with Crippen LogP contribution in [-0.4, -0.2) is 88.3 Å². The normalized spacial score (nSPS) is 16.7. The Balaban J connectivity index is 0.000000738. The number of aliphatic hydroxyl groups is 1. The Labute approximate surface area is 268 Å². The van der Waals surface area contributed by atoms with E-state index in [0.29, 0.717) is 55.8 Å². The zero-order chi connectivity index (χ0) is 33.7. The van der Waals surface area contributed by atoms with Gasteiger partial charge >= 0.3 is 12.1 Å². The Morgan fingerprint density at radius 1 is 0.935 bits per heavy atom. The highest BCUT2D eigenvalue weighted by atomic mass is 19.4. The molecule has 0 radical (unpaired) electrons. The molecule has 1 saturated carbocycles. The predicted molar refractivity (Wildman–Crippen MR) is 166 cm³/mol. The minimum atomic E-state index is -5.08. The monoisotopic (exact) mass is 650 g/mol. The number of phenolic OH excluding ortho intramolecular Hbond substituents is 1. The summed E-state index contributed by atoms with van der Waals surface area (Å²) >= 11 is 0. The number of rotatable bonds is 14. The van der Waals surface area contributed by atoms with Gasteiger partial charge in [0.25, 0.3) is 0 Å². The van der Waals surface area contributed by atoms with Gasteiger partial charge in [0.1, 0.15) is 17.6 Å². The number of aliphatic carboxylic acids is 1. The number of methoxy groups -OCH3 is 1. The first-order valence-corrected chi connectivity index (χ1v) is 15.8. The summed E-state index contributed by atoms with van der Waals surface area (Å²) in [5.74, 6) is -1.29. The molecule has 0 bridgehead atoms. The number of aliphatic hydroxyl groups excluding tert-OH is 1. The summed E-state index contributed by atoms with van der Waals surface area (Å²) in [6.07, 6.45) is 3.01. The Morgan fingerprint density at radius 3 is 2.04 bits per heavy atom. The molecular formula is C34H45F3N2O7. The second-order valence-corrected chi connectivity index (χ2v) is 12.0. The van der Waals surface area contributed by atoms with Crippen molar-refractivity contribution in [3.63, 3.8) is 0 Å². The zero-order valence-electron chi connectivity index (χ0n) is 26.3. The maximum absolute atomic E-state index is 13.8. The largest absolute Gasteiger partial charge is 0.508 e. The third kappa shape index (κ3) is 11.6. The van der Waals surface area contributed by atoms with E-state index >= 15 is 0 Å². The SMILES string of the molecule is COc1ccc(C(=O)CCCCC(=O)N(CC2CCCC2)[C@H](CN2CCCC2)[C@H](O)c2ccc(O)cc2)cc1.O=C(O)C(F)(F)F. The number of carboxylic acids is 1. The zero-order valence-corrected chi connectivity index (χ0v) is 26.3. The van der Waals surface area contributed by atoms with Crippen LogP contribution in [0, 0.1) is 5.92 Å². The fraction of sp³-hybridized carbons (Fsp3) is 0.559. The number of hydrogen-bond acceptors (Lipinski definition) is 7. The number of carbonyl (C=O) groups is 3. The van der Waals surface area contributed by atoms with Crippen molar-refractivity contribution in [2.45, 2.75) is 82.5 Å². The molecule has 1 aliphatic carbocycles. The molecule has 12 heteroatoms. The van der Waals surface area contributed by atoms with Crippen LogP contribution in [0.1, 0.15) is 86.2 Å². The number of ether oxygens (including phenoxy) is 1. The summed E-state index contributed by atoms with van der Waals surface area (Å²) in [7, 11) is 1.60. The van der Waals surface area contributed by atoms with E-state index in [1.807, 2.05) is 4.90 Å². The molecule has 0 spiro atoms. The number of phenols is 1. The van der Waals surface area contributed by atoms with Gasteiger partial charge in [-0.25, -0.2) is 4.79 Å². The van der Waals surface area contributed by atoms with Gasteiger partial charge in [-0.2, -0.15) is 13.2 Å². The van der Waals surface area contributed by atoms with Gasteiger partial charge in [0, 0.05) is 31.5 Å². The quantitative estimate of drug-likeness (QED) is 0.168. The van der Waals surface area contributed by atoms with E-state index in [9.17, 15) is 33.0 Å². The summed E-state index contributed by atoms with van der Waals surface area (Å²) in [5.41, 5.74) is 1.37. The molecule has 1 heterocycles. The number of nitrogens with zero attached hydrogens (tertiary/aromatic N) is 2. The van der Waals surface area contributed by atoms with Crippen LogP contribution in [0.4, 0.5) is 13.2 Å². The second kappa shape index (κ2) is 17.9. The molecule has 0 unspecified atom stereocenters. The lowest BCUT2D eigenvalue weighted by molar-refractivity contribution is -0.192. The number of benzene rings is 2. The lowest BCUT2D eigenvalue weighted by Gasteiger charge is -2.39. The number of alkyl halides is 3. The van der Waals surface area contributed by atoms with Crippen LogP contribution in [0.5, 0.6) is 11.5 Å². The number of likely N-dealkylation sites (tertiary alicyclic amines) is 1. The number of unbranched alkanes of at least 4 members (excludes halogenated alkanes) is 1. The van der Waals surface area contributed by atoms with Gasteiger partial charge in [0.2, 0.25) is 5.91 Å². The first-order valence-electron chi connectivity index (χ1n) is 15.8. The molecule has 2 aliphatic rings. The predicted octanol–water partition coefficient (Wildman–Crippen LogP) is 5.99. The molecule has 3 N–H and O–H groups in total. The summed E-state index contributed by atoms with van der Waals surface area (Å²) in [6, 6.07) is 13.5. The third-order valence-corrected chi connectivity index (χ3v) is 8.59. The molecule has 1 amide bonds. The highest BCUT2D eigenvalue weighted by Crippen LogP contribution is 2.31. The smallest absolute Gasteiger partial charge is 0.490 e. The number of aromatic hydroxyl groups is 1. The number of carboxylic acid groups (broad SMARTS) is 1. The van der Waals surface area contributed by atoms with Crippen molar-refractivity contribution in [1.29, 1.82) is 0 Å². The molecule has 4 rings (SSSR count). The van der Waals surface area contributed by atoms with Crippen LogP contribution in [0.15, 0.2) is 48.5 Å². The van der Waals surface area contributed by atoms with Gasteiger partial charge < -0.3 is 29.9 Å². The van der Waals surface area contributed by atoms with Gasteiger partial charge in [-0.3, -0.25) is 9.59 Å². The van der Waals surface area contributed by atoms with Gasteiger partial charge in [0.05, 0.1) is 13.2 Å². The molecular weight excluding hydrogens is 605 g/mol. The van der Waals surface area contributed by atoms with Crippen molar-refractivity contribution in [3.8, 4) is 11.5 Å². The Hall–Kier alpha value is -3.64. The number of halogens is 3. The number of hydrogen-bond donors (Lipinski definition) is 3. The number of ketones is 1. The first kappa shape index (κ1) is 36.8. The summed E-state index contributed by atoms with van der Waals surface area (Å²) in [5, 5.41) is 28.5. The van der Waals surface area contributed by atoms with Crippen molar-refractivity contribution in [1.82, 2.24) is 9.80 Å². The van der Waals surface area contributed by atoms with Gasteiger partial charge in [-0.1, -0.05) is 25.0 Å².